The molecular weight excluding hydrogens is 429 g/mol. The average Bonchev–Trinajstić information content (AvgIpc) is 3.13. The summed E-state index contributed by atoms with van der Waals surface area (Å²) in [5.74, 6) is -0.131. The van der Waals surface area contributed by atoms with Gasteiger partial charge in [0, 0.05) is 23.0 Å². The van der Waals surface area contributed by atoms with Crippen LogP contribution in [0.15, 0.2) is 47.6 Å². The second-order valence-electron chi connectivity index (χ2n) is 7.08. The maximum atomic E-state index is 12.7. The second-order valence-corrected chi connectivity index (χ2v) is 8.36. The van der Waals surface area contributed by atoms with Crippen LogP contribution in [0, 0.1) is 0 Å². The fraction of sp³-hybridized carbons (Fsp3) is 0.364. The number of carbonyl (C=O) groups is 1. The molecule has 0 fully saturated rings. The Morgan fingerprint density at radius 3 is 2.48 bits per heavy atom. The lowest BCUT2D eigenvalue weighted by Crippen LogP contribution is -2.31. The molecule has 1 heterocycles. The molecule has 0 aromatic heterocycles. The number of hydrogen-bond donors (Lipinski definition) is 1. The van der Waals surface area contributed by atoms with Crippen LogP contribution in [0.2, 0.25) is 15.1 Å². The third-order valence-corrected chi connectivity index (χ3v) is 5.69. The molecule has 29 heavy (non-hydrogen) atoms. The first-order valence-electron chi connectivity index (χ1n) is 9.85. The van der Waals surface area contributed by atoms with Crippen LogP contribution >= 0.6 is 34.8 Å². The Morgan fingerprint density at radius 1 is 1.07 bits per heavy atom. The number of nitrogens with one attached hydrogen (secondary N) is 1. The number of carbonyl (C=O) groups excluding carboxylic acids is 1. The quantitative estimate of drug-likeness (QED) is 0.456. The van der Waals surface area contributed by atoms with Crippen LogP contribution in [-0.2, 0) is 4.79 Å². The maximum absolute atomic E-state index is 12.7. The summed E-state index contributed by atoms with van der Waals surface area (Å²) in [6.45, 7) is 2.82. The zero-order valence-corrected chi connectivity index (χ0v) is 18.6. The molecule has 4 nitrogen and oxygen atoms in total. The fourth-order valence-electron chi connectivity index (χ4n) is 3.34. The average molecular weight is 453 g/mol. The van der Waals surface area contributed by atoms with E-state index < -0.39 is 0 Å². The van der Waals surface area contributed by atoms with E-state index in [0.717, 1.165) is 18.4 Å². The van der Waals surface area contributed by atoms with Gasteiger partial charge in [-0.25, -0.2) is 0 Å². The molecule has 0 aliphatic carbocycles. The van der Waals surface area contributed by atoms with Crippen molar-refractivity contribution in [2.24, 2.45) is 5.10 Å². The molecule has 154 valence electrons. The number of benzene rings is 2. The van der Waals surface area contributed by atoms with Gasteiger partial charge in [-0.15, -0.1) is 0 Å². The van der Waals surface area contributed by atoms with E-state index >= 15 is 0 Å². The van der Waals surface area contributed by atoms with Crippen LogP contribution in [0.4, 0.5) is 5.69 Å². The van der Waals surface area contributed by atoms with Gasteiger partial charge in [-0.1, -0.05) is 73.1 Å². The van der Waals surface area contributed by atoms with E-state index in [1.807, 2.05) is 30.3 Å². The molecule has 0 saturated heterocycles. The van der Waals surface area contributed by atoms with Crippen molar-refractivity contribution < 1.29 is 4.79 Å². The minimum atomic E-state index is -0.146. The van der Waals surface area contributed by atoms with Crippen molar-refractivity contribution in [1.29, 1.82) is 0 Å². The Hall–Kier alpha value is -1.75. The molecular formula is C22H24Cl3N3O. The van der Waals surface area contributed by atoms with Crippen LogP contribution in [0.5, 0.6) is 0 Å². The van der Waals surface area contributed by atoms with E-state index in [4.69, 9.17) is 34.8 Å². The van der Waals surface area contributed by atoms with Gasteiger partial charge in [-0.05, 0) is 42.3 Å². The van der Waals surface area contributed by atoms with Crippen LogP contribution in [-0.4, -0.2) is 18.2 Å². The second kappa shape index (κ2) is 10.3. The molecule has 1 atom stereocenters. The van der Waals surface area contributed by atoms with Crippen molar-refractivity contribution in [3.8, 4) is 0 Å². The van der Waals surface area contributed by atoms with E-state index in [9.17, 15) is 4.79 Å². The predicted octanol–water partition coefficient (Wildman–Crippen LogP) is 6.65. The molecule has 0 spiro atoms. The number of hydrazone groups is 1. The molecule has 2 aromatic rings. The van der Waals surface area contributed by atoms with Crippen molar-refractivity contribution >= 4 is 52.1 Å². The van der Waals surface area contributed by atoms with Gasteiger partial charge in [0.05, 0.1) is 16.8 Å². The highest BCUT2D eigenvalue weighted by Gasteiger charge is 2.33. The van der Waals surface area contributed by atoms with Crippen LogP contribution in [0.1, 0.15) is 50.6 Å². The molecule has 1 aliphatic heterocycles. The van der Waals surface area contributed by atoms with Crippen molar-refractivity contribution in [3.63, 3.8) is 0 Å². The van der Waals surface area contributed by atoms with Gasteiger partial charge in [0.15, 0.2) is 0 Å². The summed E-state index contributed by atoms with van der Waals surface area (Å²) in [5.41, 5.74) is 2.21. The van der Waals surface area contributed by atoms with Crippen molar-refractivity contribution in [2.45, 2.75) is 45.1 Å². The van der Waals surface area contributed by atoms with Crippen LogP contribution in [0.3, 0.4) is 0 Å². The van der Waals surface area contributed by atoms with Crippen molar-refractivity contribution in [3.05, 3.63) is 63.1 Å². The molecule has 0 radical (unpaired) electrons. The number of rotatable bonds is 8. The third kappa shape index (κ3) is 5.65. The first-order chi connectivity index (χ1) is 14.0. The minimum Gasteiger partial charge on any atom is -0.351 e. The molecule has 1 amide bonds. The van der Waals surface area contributed by atoms with Crippen molar-refractivity contribution in [1.82, 2.24) is 5.32 Å². The summed E-state index contributed by atoms with van der Waals surface area (Å²) in [6, 6.07) is 12.7. The lowest BCUT2D eigenvalue weighted by atomic mass is 10.0. The van der Waals surface area contributed by atoms with E-state index in [2.05, 4.69) is 17.3 Å². The van der Waals surface area contributed by atoms with E-state index in [1.165, 1.54) is 12.8 Å². The lowest BCUT2D eigenvalue weighted by Gasteiger charge is -2.25. The summed E-state index contributed by atoms with van der Waals surface area (Å²) >= 11 is 18.5. The first-order valence-corrected chi connectivity index (χ1v) is 11.0. The SMILES string of the molecule is CCCCCCNC(=O)C1=NN(c2ccc(Cl)cc2Cl)C(c2ccc(Cl)cc2)C1. The summed E-state index contributed by atoms with van der Waals surface area (Å²) in [5, 5.41) is 11.1. The Labute approximate surface area is 186 Å². The zero-order chi connectivity index (χ0) is 20.8. The maximum Gasteiger partial charge on any atom is 0.267 e. The molecule has 0 saturated carbocycles. The Morgan fingerprint density at radius 2 is 1.79 bits per heavy atom. The van der Waals surface area contributed by atoms with E-state index in [1.54, 1.807) is 17.1 Å². The highest BCUT2D eigenvalue weighted by atomic mass is 35.5. The fourth-order valence-corrected chi connectivity index (χ4v) is 3.96. The highest BCUT2D eigenvalue weighted by molar-refractivity contribution is 6.40. The summed E-state index contributed by atoms with van der Waals surface area (Å²) < 4.78 is 0. The number of amides is 1. The smallest absolute Gasteiger partial charge is 0.267 e. The number of anilines is 1. The van der Waals surface area contributed by atoms with Gasteiger partial charge in [0.25, 0.3) is 5.91 Å². The number of hydrogen-bond acceptors (Lipinski definition) is 3. The number of nitrogens with zero attached hydrogens (tertiary/aromatic N) is 2. The summed E-state index contributed by atoms with van der Waals surface area (Å²) in [6.07, 6.45) is 4.92. The molecule has 1 N–H and O–H groups in total. The topological polar surface area (TPSA) is 44.7 Å². The molecule has 2 aromatic carbocycles. The monoisotopic (exact) mass is 451 g/mol. The van der Waals surface area contributed by atoms with Gasteiger partial charge in [0.2, 0.25) is 0 Å². The Balaban J connectivity index is 1.81. The molecule has 1 unspecified atom stereocenters. The van der Waals surface area contributed by atoms with Gasteiger partial charge in [0.1, 0.15) is 5.71 Å². The van der Waals surface area contributed by atoms with Gasteiger partial charge >= 0.3 is 0 Å². The molecule has 1 aliphatic rings. The Kier molecular flexibility index (Phi) is 7.82. The van der Waals surface area contributed by atoms with Crippen LogP contribution in [0.25, 0.3) is 0 Å². The third-order valence-electron chi connectivity index (χ3n) is 4.90. The van der Waals surface area contributed by atoms with E-state index in [0.29, 0.717) is 39.4 Å². The normalized spacial score (nSPS) is 16.1. The highest BCUT2D eigenvalue weighted by Crippen LogP contribution is 2.39. The van der Waals surface area contributed by atoms with Crippen LogP contribution < -0.4 is 10.3 Å². The molecule has 7 heteroatoms. The van der Waals surface area contributed by atoms with Gasteiger partial charge < -0.3 is 5.32 Å². The standard InChI is InChI=1S/C22H24Cl3N3O/c1-2-3-4-5-12-26-22(29)19-14-21(15-6-8-16(23)9-7-15)28(27-19)20-11-10-17(24)13-18(20)25/h6-11,13,21H,2-5,12,14H2,1H3,(H,26,29). The predicted molar refractivity (Wildman–Crippen MR) is 122 cm³/mol. The zero-order valence-electron chi connectivity index (χ0n) is 16.3. The van der Waals surface area contributed by atoms with Gasteiger partial charge in [-0.3, -0.25) is 9.80 Å². The first kappa shape index (κ1) is 21.9. The summed E-state index contributed by atoms with van der Waals surface area (Å²) in [7, 11) is 0. The van der Waals surface area contributed by atoms with Crippen molar-refractivity contribution in [2.75, 3.05) is 11.6 Å². The number of halogens is 3. The summed E-state index contributed by atoms with van der Waals surface area (Å²) in [4.78, 5) is 12.7. The Bertz CT molecular complexity index is 883. The van der Waals surface area contributed by atoms with Gasteiger partial charge in [-0.2, -0.15) is 5.10 Å². The lowest BCUT2D eigenvalue weighted by molar-refractivity contribution is -0.114. The minimum absolute atomic E-state index is 0.131. The number of unbranched alkanes of at least 4 members (excludes halogenated alkanes) is 3. The molecule has 0 bridgehead atoms. The largest absolute Gasteiger partial charge is 0.351 e. The van der Waals surface area contributed by atoms with E-state index in [-0.39, 0.29) is 11.9 Å². The molecule has 3 rings (SSSR count).